The number of hydrogen-bond donors (Lipinski definition) is 0. The van der Waals surface area contributed by atoms with Crippen molar-refractivity contribution >= 4 is 58.3 Å². The molecule has 0 aliphatic rings. The number of nitrogens with zero attached hydrogens (tertiary/aromatic N) is 2. The molecule has 0 aliphatic heterocycles. The van der Waals surface area contributed by atoms with Crippen molar-refractivity contribution < 1.29 is 17.1 Å². The zero-order chi connectivity index (χ0) is 58.4. The van der Waals surface area contributed by atoms with Crippen molar-refractivity contribution in [1.29, 1.82) is 0 Å². The van der Waals surface area contributed by atoms with E-state index in [0.717, 1.165) is 26.2 Å². The van der Waals surface area contributed by atoms with E-state index in [9.17, 15) is 0 Å². The van der Waals surface area contributed by atoms with E-state index < -0.39 is 0 Å². The molecule has 0 heterocycles. The summed E-state index contributed by atoms with van der Waals surface area (Å²) >= 11 is 21.5. The largest absolute Gasteiger partial charge is 2.00 e. The molecule has 0 aromatic carbocycles. The fourth-order valence-electron chi connectivity index (χ4n) is 12.0. The van der Waals surface area contributed by atoms with Crippen molar-refractivity contribution in [2.24, 2.45) is 0 Å². The Morgan fingerprint density at radius 3 is 0.358 bits per heavy atom. The third-order valence-electron chi connectivity index (χ3n) is 17.6. The summed E-state index contributed by atoms with van der Waals surface area (Å²) in [6.45, 7) is 13.5. The van der Waals surface area contributed by atoms with Crippen LogP contribution in [0.15, 0.2) is 0 Å². The summed E-state index contributed by atoms with van der Waals surface area (Å²) in [4.78, 5) is 4.61. The van der Waals surface area contributed by atoms with Crippen LogP contribution in [0, 0.1) is 0 Å². The van der Waals surface area contributed by atoms with Crippen LogP contribution in [0.4, 0.5) is 0 Å². The zero-order valence-electron chi connectivity index (χ0n) is 55.9. The Morgan fingerprint density at radius 2 is 0.272 bits per heavy atom. The summed E-state index contributed by atoms with van der Waals surface area (Å²) in [7, 11) is 0. The van der Waals surface area contributed by atoms with Crippen LogP contribution in [0.5, 0.6) is 0 Å². The molecule has 1 radical (unpaired) electrons. The topological polar surface area (TPSA) is 6.48 Å². The van der Waals surface area contributed by atoms with Gasteiger partial charge in [-0.3, -0.25) is 0 Å². The van der Waals surface area contributed by atoms with Gasteiger partial charge in [-0.1, -0.05) is 422 Å². The zero-order valence-corrected chi connectivity index (χ0v) is 60.1. The monoisotopic (exact) mass is 1260 g/mol. The molecule has 0 saturated carbocycles. The van der Waals surface area contributed by atoms with E-state index in [1.165, 1.54) is 411 Å². The van der Waals surface area contributed by atoms with Crippen molar-refractivity contribution in [3.05, 3.63) is 0 Å². The third kappa shape index (κ3) is 76.8. The molecule has 0 atom stereocenters. The van der Waals surface area contributed by atoms with Crippen molar-refractivity contribution in [3.63, 3.8) is 0 Å². The van der Waals surface area contributed by atoms with Gasteiger partial charge in [-0.2, -0.15) is 0 Å². The maximum Gasteiger partial charge on any atom is 2.00 e. The van der Waals surface area contributed by atoms with Gasteiger partial charge in [0.25, 0.3) is 0 Å². The van der Waals surface area contributed by atoms with Crippen molar-refractivity contribution in [3.8, 4) is 0 Å². The van der Waals surface area contributed by atoms with Crippen LogP contribution in [0.3, 0.4) is 0 Å². The van der Waals surface area contributed by atoms with Crippen molar-refractivity contribution in [1.82, 2.24) is 9.80 Å². The number of thiocarbonyl (C=S) groups is 2. The number of unbranched alkanes of at least 4 members (excludes halogenated alkanes) is 60. The van der Waals surface area contributed by atoms with Crippen LogP contribution in [-0.2, 0) is 42.3 Å². The number of hydrogen-bond acceptors (Lipinski definition) is 4. The first kappa shape index (κ1) is 85.9. The van der Waals surface area contributed by atoms with Gasteiger partial charge >= 0.3 is 17.1 Å². The second-order valence-electron chi connectivity index (χ2n) is 25.7. The summed E-state index contributed by atoms with van der Waals surface area (Å²) in [5.41, 5.74) is 0. The van der Waals surface area contributed by atoms with E-state index >= 15 is 0 Å². The van der Waals surface area contributed by atoms with Crippen LogP contribution in [0.25, 0.3) is 0 Å². The summed E-state index contributed by atoms with van der Waals surface area (Å²) in [6.07, 6.45) is 91.0. The standard InChI is InChI=1S/2C37H75NS2.Cu/c2*1-3-5-7-9-11-13-15-17-19-21-23-25-27-29-31-33-35-38(37(39)40)36-34-32-30-28-26-24-22-20-18-16-14-12-10-8-6-4-2;/h2*3-36H2,1-2H3,(H,39,40);/q;;+2/p-2. The smallest absolute Gasteiger partial charge is 0.411 e. The average molecular weight is 1260 g/mol. The van der Waals surface area contributed by atoms with Gasteiger partial charge in [0.15, 0.2) is 0 Å². The molecule has 0 aromatic heterocycles. The van der Waals surface area contributed by atoms with Gasteiger partial charge in [0, 0.05) is 26.2 Å². The van der Waals surface area contributed by atoms with Crippen LogP contribution < -0.4 is 0 Å². The first-order valence-electron chi connectivity index (χ1n) is 37.4. The van der Waals surface area contributed by atoms with Gasteiger partial charge in [0.05, 0.1) is 0 Å². The minimum absolute atomic E-state index is 0. The van der Waals surface area contributed by atoms with Gasteiger partial charge in [0.1, 0.15) is 0 Å². The molecule has 0 amide bonds. The molecule has 0 aliphatic carbocycles. The fraction of sp³-hybridized carbons (Fsp3) is 0.973. The van der Waals surface area contributed by atoms with Crippen LogP contribution in [0.2, 0.25) is 0 Å². The van der Waals surface area contributed by atoms with Gasteiger partial charge in [-0.15, -0.1) is 0 Å². The second-order valence-corrected chi connectivity index (χ2v) is 27.8. The molecule has 0 saturated heterocycles. The minimum atomic E-state index is 0. The fourth-order valence-corrected chi connectivity index (χ4v) is 12.7. The van der Waals surface area contributed by atoms with E-state index in [4.69, 9.17) is 49.7 Å². The third-order valence-corrected chi connectivity index (χ3v) is 18.7. The second kappa shape index (κ2) is 78.8. The van der Waals surface area contributed by atoms with Crippen molar-refractivity contribution in [2.45, 2.75) is 439 Å². The van der Waals surface area contributed by atoms with Gasteiger partial charge in [0.2, 0.25) is 0 Å². The molecule has 0 rings (SSSR count). The van der Waals surface area contributed by atoms with E-state index in [1.807, 2.05) is 0 Å². The molecule has 0 fully saturated rings. The normalized spacial score (nSPS) is 11.2. The van der Waals surface area contributed by atoms with Crippen LogP contribution in [-0.4, -0.2) is 44.6 Å². The summed E-state index contributed by atoms with van der Waals surface area (Å²) in [5, 5.41) is 0. The first-order valence-corrected chi connectivity index (χ1v) is 39.0. The molecule has 0 aromatic rings. The molecule has 2 nitrogen and oxygen atoms in total. The summed E-state index contributed by atoms with van der Waals surface area (Å²) < 4.78 is 1.39. The summed E-state index contributed by atoms with van der Waals surface area (Å²) in [6, 6.07) is 0. The minimum Gasteiger partial charge on any atom is -0.411 e. The molecule has 0 spiro atoms. The number of rotatable bonds is 68. The molecule has 489 valence electrons. The Balaban J connectivity index is -0.00000148. The van der Waals surface area contributed by atoms with Crippen molar-refractivity contribution in [2.75, 3.05) is 26.2 Å². The molecule has 81 heavy (non-hydrogen) atoms. The Labute approximate surface area is 546 Å². The molecule has 0 N–H and O–H groups in total. The van der Waals surface area contributed by atoms with E-state index in [0.29, 0.717) is 8.64 Å². The van der Waals surface area contributed by atoms with Crippen LogP contribution in [0.1, 0.15) is 439 Å². The SMILES string of the molecule is CCCCCCCCCCCCCCCCCCN(CCCCCCCCCCCCCCCCCC)C(=S)[S-].CCCCCCCCCCCCCCCCCCN(CCCCCCCCCCCCCCCCCC)C(=S)[S-].[Cu+2]. The quantitative estimate of drug-likeness (QED) is 0.0257. The predicted molar refractivity (Wildman–Crippen MR) is 381 cm³/mol. The van der Waals surface area contributed by atoms with E-state index in [-0.39, 0.29) is 17.1 Å². The Morgan fingerprint density at radius 1 is 0.185 bits per heavy atom. The Bertz CT molecular complexity index is 983. The average Bonchev–Trinajstić information content (AvgIpc) is 3.45. The maximum absolute atomic E-state index is 5.38. The molecule has 7 heteroatoms. The molecule has 0 bridgehead atoms. The van der Waals surface area contributed by atoms with E-state index in [2.05, 4.69) is 37.5 Å². The van der Waals surface area contributed by atoms with E-state index in [1.54, 1.807) is 0 Å². The predicted octanol–water partition coefficient (Wildman–Crippen LogP) is 27.3. The Kier molecular flexibility index (Phi) is 83.6. The van der Waals surface area contributed by atoms with Crippen LogP contribution >= 0.6 is 24.4 Å². The van der Waals surface area contributed by atoms with Gasteiger partial charge in [-0.25, -0.2) is 0 Å². The molecular weight excluding hydrogens is 1110 g/mol. The maximum atomic E-state index is 5.38. The summed E-state index contributed by atoms with van der Waals surface area (Å²) in [5.74, 6) is 0. The Hall–Kier alpha value is 0.739. The molecule has 0 unspecified atom stereocenters. The van der Waals surface area contributed by atoms with Gasteiger partial charge < -0.3 is 59.5 Å². The molecular formula is C74H148CuN2S4. The van der Waals surface area contributed by atoms with Gasteiger partial charge in [-0.05, 0) is 25.7 Å². The first-order chi connectivity index (χ1) is 39.4.